The fourth-order valence-corrected chi connectivity index (χ4v) is 6.25. The van der Waals surface area contributed by atoms with E-state index in [1.54, 1.807) is 0 Å². The second-order valence-corrected chi connectivity index (χ2v) is 12.9. The average Bonchev–Trinajstić information content (AvgIpc) is 2.92. The van der Waals surface area contributed by atoms with Crippen LogP contribution in [0.25, 0.3) is 28.3 Å². The lowest BCUT2D eigenvalue weighted by molar-refractivity contribution is 0.386. The summed E-state index contributed by atoms with van der Waals surface area (Å²) in [6, 6.07) is 36.8. The van der Waals surface area contributed by atoms with Gasteiger partial charge in [-0.3, -0.25) is 0 Å². The molecule has 0 unspecified atom stereocenters. The Bertz CT molecular complexity index is 1350. The molecule has 0 saturated heterocycles. The summed E-state index contributed by atoms with van der Waals surface area (Å²) in [6.45, 7) is 9.57. The van der Waals surface area contributed by atoms with Gasteiger partial charge in [0.05, 0.1) is 6.61 Å². The fraction of sp³-hybridized carbons (Fsp3) is 0.200. The van der Waals surface area contributed by atoms with Gasteiger partial charge < -0.3 is 4.18 Å². The highest BCUT2D eigenvalue weighted by molar-refractivity contribution is 8.28. The molecule has 0 radical (unpaired) electrons. The first-order valence-corrected chi connectivity index (χ1v) is 15.3. The Hall–Kier alpha value is -3.33. The van der Waals surface area contributed by atoms with Crippen LogP contribution in [-0.2, 0) is 10.6 Å². The molecule has 1 nitrogen and oxygen atoms in total. The van der Waals surface area contributed by atoms with Crippen molar-refractivity contribution in [2.75, 3.05) is 19.1 Å². The zero-order valence-corrected chi connectivity index (χ0v) is 23.4. The minimum Gasteiger partial charge on any atom is -0.333 e. The van der Waals surface area contributed by atoms with Gasteiger partial charge in [-0.2, -0.15) is 0 Å². The molecule has 0 heterocycles. The number of hydrogen-bond acceptors (Lipinski definition) is 1. The molecule has 0 spiro atoms. The van der Waals surface area contributed by atoms with Gasteiger partial charge in [0.15, 0.2) is 0 Å². The zero-order chi connectivity index (χ0) is 26.3. The average molecular weight is 507 g/mol. The minimum absolute atomic E-state index is 0.734. The van der Waals surface area contributed by atoms with Gasteiger partial charge in [-0.15, -0.1) is 10.3 Å². The summed E-state index contributed by atoms with van der Waals surface area (Å²) < 4.78 is 6.02. The predicted molar refractivity (Wildman–Crippen MR) is 165 cm³/mol. The van der Waals surface area contributed by atoms with Gasteiger partial charge in [0, 0.05) is 4.90 Å². The SMILES string of the molecule is C=C(CCc1ccccc1)c1c(C=C(C)c2ccc(S(C)(C)OCC)cc2)cccc1-c1ccccc1. The lowest BCUT2D eigenvalue weighted by Crippen LogP contribution is -2.01. The van der Waals surface area contributed by atoms with Gasteiger partial charge in [0.25, 0.3) is 0 Å². The monoisotopic (exact) mass is 506 g/mol. The van der Waals surface area contributed by atoms with Crippen LogP contribution in [0.15, 0.2) is 115 Å². The maximum absolute atomic E-state index is 6.02. The van der Waals surface area contributed by atoms with E-state index in [1.165, 1.54) is 49.4 Å². The first-order chi connectivity index (χ1) is 17.9. The lowest BCUT2D eigenvalue weighted by atomic mass is 9.87. The van der Waals surface area contributed by atoms with Crippen molar-refractivity contribution in [2.45, 2.75) is 31.6 Å². The molecule has 190 valence electrons. The quantitative estimate of drug-likeness (QED) is 0.194. The van der Waals surface area contributed by atoms with Crippen LogP contribution in [0.5, 0.6) is 0 Å². The maximum Gasteiger partial charge on any atom is 0.0568 e. The third kappa shape index (κ3) is 6.71. The number of allylic oxidation sites excluding steroid dienone is 2. The van der Waals surface area contributed by atoms with Gasteiger partial charge in [-0.25, -0.2) is 0 Å². The van der Waals surface area contributed by atoms with Gasteiger partial charge in [-0.05, 0) is 95.9 Å². The second-order valence-electron chi connectivity index (χ2n) is 9.72. The van der Waals surface area contributed by atoms with E-state index in [4.69, 9.17) is 4.18 Å². The van der Waals surface area contributed by atoms with Crippen LogP contribution in [-0.4, -0.2) is 19.1 Å². The van der Waals surface area contributed by atoms with Crippen molar-refractivity contribution >= 4 is 27.5 Å². The molecule has 0 aromatic heterocycles. The Morgan fingerprint density at radius 3 is 2.11 bits per heavy atom. The van der Waals surface area contributed by atoms with Gasteiger partial charge in [0.2, 0.25) is 0 Å². The molecule has 0 amide bonds. The molecule has 4 aromatic rings. The molecule has 0 bridgehead atoms. The van der Waals surface area contributed by atoms with Crippen molar-refractivity contribution in [3.63, 3.8) is 0 Å². The standard InChI is InChI=1S/C35H38OS/c1-6-36-37(4,5)33-24-22-30(23-25-33)28(3)26-32-18-13-19-34(31-16-11-8-12-17-31)35(32)27(2)20-21-29-14-9-7-10-15-29/h7-19,22-26H,2,6,20-21H2,1,3-5H3. The summed E-state index contributed by atoms with van der Waals surface area (Å²) in [4.78, 5) is 1.27. The van der Waals surface area contributed by atoms with Gasteiger partial charge in [0.1, 0.15) is 0 Å². The molecule has 2 heteroatoms. The van der Waals surface area contributed by atoms with Crippen LogP contribution in [0.3, 0.4) is 0 Å². The first kappa shape index (κ1) is 26.7. The van der Waals surface area contributed by atoms with E-state index < -0.39 is 10.3 Å². The van der Waals surface area contributed by atoms with Crippen LogP contribution in [0, 0.1) is 0 Å². The lowest BCUT2D eigenvalue weighted by Gasteiger charge is -2.31. The van der Waals surface area contributed by atoms with E-state index in [2.05, 4.69) is 142 Å². The molecule has 0 saturated carbocycles. The highest BCUT2D eigenvalue weighted by Gasteiger charge is 2.15. The summed E-state index contributed by atoms with van der Waals surface area (Å²) >= 11 is 0. The normalized spacial score (nSPS) is 12.4. The predicted octanol–water partition coefficient (Wildman–Crippen LogP) is 9.93. The third-order valence-electron chi connectivity index (χ3n) is 6.76. The fourth-order valence-electron chi connectivity index (χ4n) is 4.73. The van der Waals surface area contributed by atoms with E-state index in [-0.39, 0.29) is 0 Å². The topological polar surface area (TPSA) is 9.23 Å². The molecular formula is C35H38OS. The van der Waals surface area contributed by atoms with Crippen molar-refractivity contribution in [1.82, 2.24) is 0 Å². The molecule has 0 aliphatic rings. The summed E-state index contributed by atoms with van der Waals surface area (Å²) in [6.07, 6.45) is 8.61. The maximum atomic E-state index is 6.02. The third-order valence-corrected chi connectivity index (χ3v) is 8.99. The number of rotatable bonds is 10. The molecule has 0 N–H and O–H groups in total. The summed E-state index contributed by atoms with van der Waals surface area (Å²) in [5.41, 5.74) is 9.86. The molecular weight excluding hydrogens is 468 g/mol. The smallest absolute Gasteiger partial charge is 0.0568 e. The zero-order valence-electron chi connectivity index (χ0n) is 22.5. The Balaban J connectivity index is 1.70. The highest BCUT2D eigenvalue weighted by atomic mass is 32.3. The van der Waals surface area contributed by atoms with E-state index in [0.29, 0.717) is 0 Å². The number of benzene rings is 4. The summed E-state index contributed by atoms with van der Waals surface area (Å²) in [5.74, 6) is 0. The molecule has 0 aliphatic heterocycles. The Kier molecular flexibility index (Phi) is 8.87. The van der Waals surface area contributed by atoms with E-state index in [9.17, 15) is 0 Å². The van der Waals surface area contributed by atoms with Crippen molar-refractivity contribution in [1.29, 1.82) is 0 Å². The van der Waals surface area contributed by atoms with Crippen molar-refractivity contribution in [2.24, 2.45) is 0 Å². The van der Waals surface area contributed by atoms with Crippen molar-refractivity contribution < 1.29 is 4.18 Å². The Labute approximate surface area is 225 Å². The van der Waals surface area contributed by atoms with Crippen LogP contribution in [0.1, 0.15) is 42.5 Å². The van der Waals surface area contributed by atoms with E-state index >= 15 is 0 Å². The largest absolute Gasteiger partial charge is 0.333 e. The molecule has 4 aromatic carbocycles. The van der Waals surface area contributed by atoms with Gasteiger partial charge >= 0.3 is 0 Å². The van der Waals surface area contributed by atoms with Crippen LogP contribution >= 0.6 is 10.3 Å². The van der Waals surface area contributed by atoms with Gasteiger partial charge in [-0.1, -0.05) is 104 Å². The summed E-state index contributed by atoms with van der Waals surface area (Å²) in [5, 5.41) is 0. The van der Waals surface area contributed by atoms with E-state index in [0.717, 1.165) is 19.4 Å². The molecule has 4 rings (SSSR count). The molecule has 0 aliphatic carbocycles. The number of aryl methyl sites for hydroxylation is 1. The molecule has 0 atom stereocenters. The van der Waals surface area contributed by atoms with Crippen molar-refractivity contribution in [3.05, 3.63) is 132 Å². The first-order valence-electron chi connectivity index (χ1n) is 13.0. The van der Waals surface area contributed by atoms with Crippen LogP contribution in [0.2, 0.25) is 0 Å². The number of hydrogen-bond donors (Lipinski definition) is 0. The minimum atomic E-state index is -1.23. The van der Waals surface area contributed by atoms with E-state index in [1.807, 2.05) is 0 Å². The van der Waals surface area contributed by atoms with Crippen molar-refractivity contribution in [3.8, 4) is 11.1 Å². The highest BCUT2D eigenvalue weighted by Crippen LogP contribution is 2.50. The second kappa shape index (κ2) is 12.3. The summed E-state index contributed by atoms with van der Waals surface area (Å²) in [7, 11) is -1.23. The Morgan fingerprint density at radius 1 is 0.811 bits per heavy atom. The van der Waals surface area contributed by atoms with Crippen LogP contribution < -0.4 is 0 Å². The Morgan fingerprint density at radius 2 is 1.46 bits per heavy atom. The van der Waals surface area contributed by atoms with Crippen LogP contribution in [0.4, 0.5) is 0 Å². The molecule has 37 heavy (non-hydrogen) atoms. The molecule has 0 fully saturated rings.